The number of alkyl halides is 3. The largest absolute Gasteiger partial charge is 0.418 e. The van der Waals surface area contributed by atoms with E-state index in [0.29, 0.717) is 0 Å². The lowest BCUT2D eigenvalue weighted by Crippen LogP contribution is -2.34. The van der Waals surface area contributed by atoms with Crippen LogP contribution in [-0.4, -0.2) is 28.6 Å². The Hall–Kier alpha value is -2.78. The smallest absolute Gasteiger partial charge is 0.331 e. The summed E-state index contributed by atoms with van der Waals surface area (Å²) in [5.74, 6) is 0. The van der Waals surface area contributed by atoms with Gasteiger partial charge in [0.1, 0.15) is 5.00 Å². The molecule has 2 aromatic heterocycles. The van der Waals surface area contributed by atoms with Crippen LogP contribution in [0.25, 0.3) is 5.00 Å². The number of nitrogens with one attached hydrogen (secondary N) is 2. The van der Waals surface area contributed by atoms with E-state index in [1.54, 1.807) is 11.3 Å². The van der Waals surface area contributed by atoms with Crippen molar-refractivity contribution in [1.82, 2.24) is 14.8 Å². The molecular formula is C23H25F3N4OS. The number of hydrogen-bond donors (Lipinski definition) is 2. The molecule has 0 aliphatic carbocycles. The maximum Gasteiger partial charge on any atom is 0.418 e. The Bertz CT molecular complexity index is 1090. The molecule has 1 aliphatic heterocycles. The fraction of sp³-hybridized carbons (Fsp3) is 0.348. The summed E-state index contributed by atoms with van der Waals surface area (Å²) in [6.07, 6.45) is 0.255. The van der Waals surface area contributed by atoms with E-state index >= 15 is 0 Å². The molecule has 0 bridgehead atoms. The van der Waals surface area contributed by atoms with E-state index in [-0.39, 0.29) is 11.7 Å². The van der Waals surface area contributed by atoms with Gasteiger partial charge in [-0.2, -0.15) is 13.2 Å². The number of amides is 2. The molecule has 0 spiro atoms. The highest BCUT2D eigenvalue weighted by Crippen LogP contribution is 2.39. The molecule has 32 heavy (non-hydrogen) atoms. The van der Waals surface area contributed by atoms with E-state index < -0.39 is 17.8 Å². The van der Waals surface area contributed by atoms with Gasteiger partial charge < -0.3 is 15.2 Å². The third-order valence-corrected chi connectivity index (χ3v) is 6.95. The first kappa shape index (κ1) is 22.4. The molecular weight excluding hydrogens is 437 g/mol. The van der Waals surface area contributed by atoms with Crippen molar-refractivity contribution in [3.63, 3.8) is 0 Å². The molecule has 170 valence electrons. The number of carbonyl (C=O) groups is 1. The number of rotatable bonds is 5. The van der Waals surface area contributed by atoms with Crippen LogP contribution in [0.5, 0.6) is 0 Å². The number of anilines is 1. The first-order valence-corrected chi connectivity index (χ1v) is 11.3. The lowest BCUT2D eigenvalue weighted by atomic mass is 9.98. The number of para-hydroxylation sites is 1. The molecule has 5 nitrogen and oxygen atoms in total. The van der Waals surface area contributed by atoms with Gasteiger partial charge in [-0.1, -0.05) is 19.1 Å². The highest BCUT2D eigenvalue weighted by molar-refractivity contribution is 7.15. The van der Waals surface area contributed by atoms with Crippen molar-refractivity contribution in [1.29, 1.82) is 0 Å². The molecule has 0 radical (unpaired) electrons. The average Bonchev–Trinajstić information content (AvgIpc) is 3.40. The van der Waals surface area contributed by atoms with Crippen molar-refractivity contribution in [3.8, 4) is 5.00 Å². The van der Waals surface area contributed by atoms with Gasteiger partial charge in [-0.3, -0.25) is 4.90 Å². The van der Waals surface area contributed by atoms with Crippen LogP contribution in [0.4, 0.5) is 23.7 Å². The summed E-state index contributed by atoms with van der Waals surface area (Å²) in [4.78, 5) is 16.3. The Labute approximate surface area is 188 Å². The number of fused-ring (bicyclic) bond motifs is 1. The second kappa shape index (κ2) is 8.99. The first-order chi connectivity index (χ1) is 15.3. The standard InChI is InChI=1S/C23H25F3N4OS/c1-3-29-13-10-16-19(14-29)32-21(30-11-6-7-12-30)20(16)15(2)27-22(31)28-18-9-5-4-8-17(18)23(24,25)26/h4-9,11-12,15H,3,10,13-14H2,1-2H3,(H2,27,28,31)/t15-/m0/s1. The van der Waals surface area contributed by atoms with Crippen molar-refractivity contribution >= 4 is 23.1 Å². The molecule has 0 saturated heterocycles. The zero-order chi connectivity index (χ0) is 22.9. The summed E-state index contributed by atoms with van der Waals surface area (Å²) in [6, 6.07) is 7.82. The topological polar surface area (TPSA) is 49.3 Å². The molecule has 0 unspecified atom stereocenters. The van der Waals surface area contributed by atoms with E-state index in [1.165, 1.54) is 28.6 Å². The van der Waals surface area contributed by atoms with Gasteiger partial charge in [0.15, 0.2) is 0 Å². The minimum Gasteiger partial charge on any atom is -0.331 e. The molecule has 1 aliphatic rings. The first-order valence-electron chi connectivity index (χ1n) is 10.5. The predicted octanol–water partition coefficient (Wildman–Crippen LogP) is 5.82. The number of benzene rings is 1. The summed E-state index contributed by atoms with van der Waals surface area (Å²) < 4.78 is 41.8. The van der Waals surface area contributed by atoms with Gasteiger partial charge in [0, 0.05) is 35.9 Å². The fourth-order valence-electron chi connectivity index (χ4n) is 4.11. The third-order valence-electron chi connectivity index (χ3n) is 5.70. The summed E-state index contributed by atoms with van der Waals surface area (Å²) in [7, 11) is 0. The summed E-state index contributed by atoms with van der Waals surface area (Å²) in [6.45, 7) is 6.79. The van der Waals surface area contributed by atoms with Crippen LogP contribution in [0.2, 0.25) is 0 Å². The minimum absolute atomic E-state index is 0.263. The molecule has 2 amide bonds. The molecule has 9 heteroatoms. The lowest BCUT2D eigenvalue weighted by Gasteiger charge is -2.27. The average molecular weight is 463 g/mol. The van der Waals surface area contributed by atoms with Gasteiger partial charge in [0.25, 0.3) is 0 Å². The number of thiophene rings is 1. The van der Waals surface area contributed by atoms with Crippen LogP contribution >= 0.6 is 11.3 Å². The molecule has 4 rings (SSSR count). The van der Waals surface area contributed by atoms with Crippen LogP contribution in [0.3, 0.4) is 0 Å². The van der Waals surface area contributed by atoms with Gasteiger partial charge in [-0.05, 0) is 49.7 Å². The maximum atomic E-state index is 13.3. The summed E-state index contributed by atoms with van der Waals surface area (Å²) in [5.41, 5.74) is 1.12. The predicted molar refractivity (Wildman–Crippen MR) is 120 cm³/mol. The van der Waals surface area contributed by atoms with E-state index in [9.17, 15) is 18.0 Å². The number of carbonyl (C=O) groups excluding carboxylic acids is 1. The number of hydrogen-bond acceptors (Lipinski definition) is 3. The van der Waals surface area contributed by atoms with E-state index in [0.717, 1.165) is 42.7 Å². The number of halogens is 3. The number of urea groups is 1. The second-order valence-corrected chi connectivity index (χ2v) is 8.88. The third kappa shape index (κ3) is 4.54. The summed E-state index contributed by atoms with van der Waals surface area (Å²) >= 11 is 1.70. The quantitative estimate of drug-likeness (QED) is 0.502. The van der Waals surface area contributed by atoms with Crippen molar-refractivity contribution in [2.24, 2.45) is 0 Å². The number of likely N-dealkylation sites (N-methyl/N-ethyl adjacent to an activating group) is 1. The molecule has 3 heterocycles. The van der Waals surface area contributed by atoms with Crippen LogP contribution < -0.4 is 10.6 Å². The summed E-state index contributed by atoms with van der Waals surface area (Å²) in [5, 5.41) is 6.26. The van der Waals surface area contributed by atoms with Crippen LogP contribution in [0.15, 0.2) is 48.8 Å². The van der Waals surface area contributed by atoms with Crippen molar-refractivity contribution < 1.29 is 18.0 Å². The Balaban J connectivity index is 1.59. The Morgan fingerprint density at radius 2 is 1.91 bits per heavy atom. The van der Waals surface area contributed by atoms with Crippen molar-refractivity contribution in [2.45, 2.75) is 39.0 Å². The van der Waals surface area contributed by atoms with Gasteiger partial charge in [0.2, 0.25) is 0 Å². The Morgan fingerprint density at radius 3 is 2.59 bits per heavy atom. The molecule has 0 saturated carbocycles. The number of aromatic nitrogens is 1. The van der Waals surface area contributed by atoms with Gasteiger partial charge >= 0.3 is 12.2 Å². The van der Waals surface area contributed by atoms with Gasteiger partial charge in [-0.15, -0.1) is 11.3 Å². The SMILES string of the molecule is CCN1CCc2c(sc(-n3cccc3)c2[C@H](C)NC(=O)Nc2ccccc2C(F)(F)F)C1. The fourth-order valence-corrected chi connectivity index (χ4v) is 5.56. The molecule has 1 aromatic carbocycles. The highest BCUT2D eigenvalue weighted by atomic mass is 32.1. The Morgan fingerprint density at radius 1 is 1.19 bits per heavy atom. The Kier molecular flexibility index (Phi) is 6.30. The van der Waals surface area contributed by atoms with Gasteiger partial charge in [-0.25, -0.2) is 4.79 Å². The molecule has 0 fully saturated rings. The maximum absolute atomic E-state index is 13.3. The van der Waals surface area contributed by atoms with Crippen LogP contribution in [0.1, 0.15) is 41.5 Å². The van der Waals surface area contributed by atoms with E-state index in [2.05, 4.69) is 22.5 Å². The monoisotopic (exact) mass is 462 g/mol. The van der Waals surface area contributed by atoms with E-state index in [4.69, 9.17) is 0 Å². The van der Waals surface area contributed by atoms with Crippen molar-refractivity contribution in [2.75, 3.05) is 18.4 Å². The lowest BCUT2D eigenvalue weighted by molar-refractivity contribution is -0.136. The minimum atomic E-state index is -4.55. The van der Waals surface area contributed by atoms with Gasteiger partial charge in [0.05, 0.1) is 17.3 Å². The highest BCUT2D eigenvalue weighted by Gasteiger charge is 2.34. The normalized spacial score (nSPS) is 15.3. The molecule has 2 N–H and O–H groups in total. The molecule has 1 atom stereocenters. The number of nitrogens with zero attached hydrogens (tertiary/aromatic N) is 2. The second-order valence-electron chi connectivity index (χ2n) is 7.80. The zero-order valence-electron chi connectivity index (χ0n) is 17.9. The van der Waals surface area contributed by atoms with Crippen LogP contribution in [-0.2, 0) is 19.1 Å². The molecule has 3 aromatic rings. The van der Waals surface area contributed by atoms with E-state index in [1.807, 2.05) is 36.0 Å². The van der Waals surface area contributed by atoms with Crippen LogP contribution in [0, 0.1) is 0 Å². The van der Waals surface area contributed by atoms with Crippen molar-refractivity contribution in [3.05, 3.63) is 70.4 Å². The zero-order valence-corrected chi connectivity index (χ0v) is 18.7.